The maximum Gasteiger partial charge on any atom is 0.319 e. The van der Waals surface area contributed by atoms with Gasteiger partial charge in [0.25, 0.3) is 0 Å². The zero-order valence-electron chi connectivity index (χ0n) is 9.25. The number of aliphatic hydroxyl groups is 2. The van der Waals surface area contributed by atoms with Gasteiger partial charge in [-0.1, -0.05) is 0 Å². The molecule has 98 valence electrons. The first-order valence-corrected chi connectivity index (χ1v) is 4.72. The molecule has 8 heteroatoms. The summed E-state index contributed by atoms with van der Waals surface area (Å²) >= 11 is 0. The fraction of sp³-hybridized carbons (Fsp3) is 0.667. The van der Waals surface area contributed by atoms with Crippen molar-refractivity contribution in [3.8, 4) is 0 Å². The Morgan fingerprint density at radius 2 is 1.53 bits per heavy atom. The average Bonchev–Trinajstić information content (AvgIpc) is 2.16. The lowest BCUT2D eigenvalue weighted by Gasteiger charge is -2.11. The van der Waals surface area contributed by atoms with Crippen LogP contribution in [0, 0.1) is 0 Å². The predicted octanol–water partition coefficient (Wildman–Crippen LogP) is -1.32. The van der Waals surface area contributed by atoms with Gasteiger partial charge in [-0.25, -0.2) is 0 Å². The summed E-state index contributed by atoms with van der Waals surface area (Å²) in [6.07, 6.45) is -1.68. The molecule has 17 heavy (non-hydrogen) atoms. The first-order chi connectivity index (χ1) is 7.99. The summed E-state index contributed by atoms with van der Waals surface area (Å²) in [6, 6.07) is 0. The van der Waals surface area contributed by atoms with Crippen LogP contribution in [0.2, 0.25) is 0 Å². The highest BCUT2D eigenvalue weighted by Gasteiger charge is 2.17. The topological polar surface area (TPSA) is 119 Å². The number of carbonyl (C=O) groups is 3. The standard InChI is InChI=1S/C9H14O8/c1-6(2-7(12)15-4-10)17-9(14)3-8(13)16-5-11/h6,10-11H,2-5H2,1H3. The number of aliphatic hydroxyl groups excluding tert-OH is 2. The van der Waals surface area contributed by atoms with E-state index in [-0.39, 0.29) is 6.42 Å². The largest absolute Gasteiger partial charge is 0.462 e. The van der Waals surface area contributed by atoms with Gasteiger partial charge in [0.15, 0.2) is 13.6 Å². The van der Waals surface area contributed by atoms with Crippen molar-refractivity contribution in [2.75, 3.05) is 13.6 Å². The lowest BCUT2D eigenvalue weighted by molar-refractivity contribution is -0.163. The van der Waals surface area contributed by atoms with Gasteiger partial charge in [0.2, 0.25) is 0 Å². The number of carbonyl (C=O) groups excluding carboxylic acids is 3. The van der Waals surface area contributed by atoms with Crippen LogP contribution in [0.4, 0.5) is 0 Å². The molecule has 0 heterocycles. The van der Waals surface area contributed by atoms with Crippen LogP contribution in [0.25, 0.3) is 0 Å². The SMILES string of the molecule is CC(CC(=O)OCO)OC(=O)CC(=O)OCO. The zero-order valence-corrected chi connectivity index (χ0v) is 9.25. The minimum atomic E-state index is -0.928. The molecule has 0 bridgehead atoms. The summed E-state index contributed by atoms with van der Waals surface area (Å²) in [5.41, 5.74) is 0. The van der Waals surface area contributed by atoms with Gasteiger partial charge in [0.05, 0.1) is 6.42 Å². The summed E-state index contributed by atoms with van der Waals surface area (Å²) in [7, 11) is 0. The quantitative estimate of drug-likeness (QED) is 0.247. The van der Waals surface area contributed by atoms with Crippen molar-refractivity contribution in [2.45, 2.75) is 25.9 Å². The summed E-state index contributed by atoms with van der Waals surface area (Å²) in [5, 5.41) is 16.5. The second kappa shape index (κ2) is 8.48. The summed E-state index contributed by atoms with van der Waals surface area (Å²) in [5.74, 6) is -2.54. The third-order valence-electron chi connectivity index (χ3n) is 1.53. The van der Waals surface area contributed by atoms with Crippen molar-refractivity contribution in [3.05, 3.63) is 0 Å². The molecule has 0 radical (unpaired) electrons. The molecule has 2 N–H and O–H groups in total. The Kier molecular flexibility index (Phi) is 7.65. The van der Waals surface area contributed by atoms with E-state index in [2.05, 4.69) is 14.2 Å². The average molecular weight is 250 g/mol. The van der Waals surface area contributed by atoms with E-state index >= 15 is 0 Å². The number of esters is 3. The Labute approximate surface area is 97.1 Å². The number of ether oxygens (including phenoxy) is 3. The van der Waals surface area contributed by atoms with Gasteiger partial charge < -0.3 is 24.4 Å². The maximum absolute atomic E-state index is 11.1. The van der Waals surface area contributed by atoms with E-state index in [1.807, 2.05) is 0 Å². The van der Waals surface area contributed by atoms with E-state index in [0.29, 0.717) is 0 Å². The molecule has 0 aromatic heterocycles. The van der Waals surface area contributed by atoms with E-state index in [9.17, 15) is 14.4 Å². The van der Waals surface area contributed by atoms with Gasteiger partial charge in [-0.3, -0.25) is 14.4 Å². The van der Waals surface area contributed by atoms with E-state index in [1.165, 1.54) is 6.92 Å². The summed E-state index contributed by atoms with van der Waals surface area (Å²) in [4.78, 5) is 32.7. The maximum atomic E-state index is 11.1. The van der Waals surface area contributed by atoms with Crippen molar-refractivity contribution < 1.29 is 38.8 Å². The zero-order chi connectivity index (χ0) is 13.3. The van der Waals surface area contributed by atoms with Crippen molar-refractivity contribution in [3.63, 3.8) is 0 Å². The Hall–Kier alpha value is -1.67. The molecule has 0 rings (SSSR count). The molecule has 1 unspecified atom stereocenters. The highest BCUT2D eigenvalue weighted by molar-refractivity contribution is 5.91. The van der Waals surface area contributed by atoms with Gasteiger partial charge in [-0.15, -0.1) is 0 Å². The van der Waals surface area contributed by atoms with E-state index in [4.69, 9.17) is 10.2 Å². The van der Waals surface area contributed by atoms with Crippen LogP contribution in [0.1, 0.15) is 19.8 Å². The van der Waals surface area contributed by atoms with Gasteiger partial charge >= 0.3 is 17.9 Å². The number of hydrogen-bond acceptors (Lipinski definition) is 8. The van der Waals surface area contributed by atoms with Gasteiger partial charge in [0, 0.05) is 0 Å². The first kappa shape index (κ1) is 15.3. The third-order valence-corrected chi connectivity index (χ3v) is 1.53. The molecule has 0 amide bonds. The molecule has 0 aliphatic rings. The number of rotatable bonds is 7. The van der Waals surface area contributed by atoms with Crippen molar-refractivity contribution >= 4 is 17.9 Å². The molecule has 1 atom stereocenters. The van der Waals surface area contributed by atoms with Crippen molar-refractivity contribution in [2.24, 2.45) is 0 Å². The Balaban J connectivity index is 3.87. The first-order valence-electron chi connectivity index (χ1n) is 4.72. The van der Waals surface area contributed by atoms with Crippen LogP contribution in [0.15, 0.2) is 0 Å². The molecule has 0 saturated carbocycles. The van der Waals surface area contributed by atoms with E-state index in [1.54, 1.807) is 0 Å². The van der Waals surface area contributed by atoms with E-state index in [0.717, 1.165) is 0 Å². The molecule has 0 aliphatic heterocycles. The monoisotopic (exact) mass is 250 g/mol. The minimum Gasteiger partial charge on any atom is -0.462 e. The van der Waals surface area contributed by atoms with E-state index < -0.39 is 44.0 Å². The molecule has 0 saturated heterocycles. The Morgan fingerprint density at radius 3 is 2.06 bits per heavy atom. The van der Waals surface area contributed by atoms with Crippen LogP contribution in [0.3, 0.4) is 0 Å². The third kappa shape index (κ3) is 8.17. The van der Waals surface area contributed by atoms with Crippen LogP contribution in [-0.4, -0.2) is 47.8 Å². The van der Waals surface area contributed by atoms with Gasteiger partial charge in [-0.2, -0.15) is 0 Å². The Morgan fingerprint density at radius 1 is 1.00 bits per heavy atom. The molecule has 0 aliphatic carbocycles. The minimum absolute atomic E-state index is 0.235. The highest BCUT2D eigenvalue weighted by atomic mass is 16.6. The fourth-order valence-electron chi connectivity index (χ4n) is 0.914. The molecule has 0 spiro atoms. The molecular formula is C9H14O8. The lowest BCUT2D eigenvalue weighted by Crippen LogP contribution is -2.22. The van der Waals surface area contributed by atoms with Gasteiger partial charge in [0.1, 0.15) is 12.5 Å². The predicted molar refractivity (Wildman–Crippen MR) is 51.1 cm³/mol. The fourth-order valence-corrected chi connectivity index (χ4v) is 0.914. The molecule has 0 aromatic rings. The normalized spacial score (nSPS) is 11.5. The van der Waals surface area contributed by atoms with Crippen LogP contribution >= 0.6 is 0 Å². The lowest BCUT2D eigenvalue weighted by atomic mass is 10.3. The molecular weight excluding hydrogens is 236 g/mol. The summed E-state index contributed by atoms with van der Waals surface area (Å²) in [6.45, 7) is -0.138. The second-order valence-corrected chi connectivity index (χ2v) is 2.97. The van der Waals surface area contributed by atoms with Crippen molar-refractivity contribution in [1.29, 1.82) is 0 Å². The van der Waals surface area contributed by atoms with Crippen molar-refractivity contribution in [1.82, 2.24) is 0 Å². The smallest absolute Gasteiger partial charge is 0.319 e. The molecule has 0 fully saturated rings. The summed E-state index contributed by atoms with van der Waals surface area (Å²) < 4.78 is 13.0. The van der Waals surface area contributed by atoms with Crippen LogP contribution in [-0.2, 0) is 28.6 Å². The molecule has 0 aromatic carbocycles. The van der Waals surface area contributed by atoms with Crippen LogP contribution < -0.4 is 0 Å². The van der Waals surface area contributed by atoms with Crippen LogP contribution in [0.5, 0.6) is 0 Å². The Bertz CT molecular complexity index is 274. The van der Waals surface area contributed by atoms with Gasteiger partial charge in [-0.05, 0) is 6.92 Å². The number of hydrogen-bond donors (Lipinski definition) is 2. The highest BCUT2D eigenvalue weighted by Crippen LogP contribution is 2.02. The second-order valence-electron chi connectivity index (χ2n) is 2.97. The molecule has 8 nitrogen and oxygen atoms in total.